The molecule has 1 aliphatic rings. The average Bonchev–Trinajstić information content (AvgIpc) is 2.74. The molecule has 4 N–H and O–H groups in total. The maximum Gasteiger partial charge on any atom is 0.407 e. The molecule has 38 heavy (non-hydrogen) atoms. The average molecular weight is 528 g/mol. The molecule has 0 aromatic heterocycles. The number of anilines is 1. The van der Waals surface area contributed by atoms with E-state index in [0.29, 0.717) is 5.56 Å². The lowest BCUT2D eigenvalue weighted by Gasteiger charge is -2.40. The summed E-state index contributed by atoms with van der Waals surface area (Å²) >= 11 is 0. The Balaban J connectivity index is 1.79. The molecular weight excluding hydrogens is 481 g/mol. The first kappa shape index (κ1) is 29.9. The Morgan fingerprint density at radius 1 is 1.13 bits per heavy atom. The summed E-state index contributed by atoms with van der Waals surface area (Å²) in [5.74, 6) is -0.356. The molecule has 0 unspecified atom stereocenters. The normalized spacial score (nSPS) is 18.6. The first-order valence-corrected chi connectivity index (χ1v) is 13.6. The zero-order valence-corrected chi connectivity index (χ0v) is 24.2. The van der Waals surface area contributed by atoms with Crippen LogP contribution in [0.3, 0.4) is 0 Å². The summed E-state index contributed by atoms with van der Waals surface area (Å²) in [6.45, 7) is 16.6. The van der Waals surface area contributed by atoms with Gasteiger partial charge in [0.15, 0.2) is 0 Å². The lowest BCUT2D eigenvalue weighted by atomic mass is 9.82. The highest BCUT2D eigenvalue weighted by Crippen LogP contribution is 2.38. The minimum Gasteiger partial charge on any atom is -0.444 e. The van der Waals surface area contributed by atoms with E-state index in [9.17, 15) is 14.3 Å². The van der Waals surface area contributed by atoms with Gasteiger partial charge in [-0.3, -0.25) is 0 Å². The van der Waals surface area contributed by atoms with Crippen LogP contribution in [0.25, 0.3) is 0 Å². The quantitative estimate of drug-likeness (QED) is 0.332. The van der Waals surface area contributed by atoms with Crippen LogP contribution in [0.1, 0.15) is 84.5 Å². The summed E-state index contributed by atoms with van der Waals surface area (Å²) in [4.78, 5) is 12.6. The van der Waals surface area contributed by atoms with Gasteiger partial charge >= 0.3 is 6.09 Å². The number of aliphatic hydroxyl groups excluding tert-OH is 1. The van der Waals surface area contributed by atoms with E-state index in [0.717, 1.165) is 18.5 Å². The summed E-state index contributed by atoms with van der Waals surface area (Å²) < 4.78 is 19.3. The number of alkyl carbamates (subject to hydrolysis) is 1. The highest BCUT2D eigenvalue weighted by molar-refractivity contribution is 5.68. The third-order valence-electron chi connectivity index (χ3n) is 6.50. The Morgan fingerprint density at radius 3 is 2.47 bits per heavy atom. The molecular formula is C31H46FN3O3. The van der Waals surface area contributed by atoms with E-state index in [4.69, 9.17) is 4.74 Å². The fraction of sp³-hybridized carbons (Fsp3) is 0.581. The van der Waals surface area contributed by atoms with Crippen molar-refractivity contribution in [2.75, 3.05) is 11.9 Å². The highest BCUT2D eigenvalue weighted by atomic mass is 19.1. The lowest BCUT2D eigenvalue weighted by molar-refractivity contribution is 0.0419. The molecule has 0 bridgehead atoms. The minimum absolute atomic E-state index is 0.0205. The van der Waals surface area contributed by atoms with Gasteiger partial charge in [-0.2, -0.15) is 0 Å². The Hall–Kier alpha value is -2.64. The standard InChI is InChI=1S/C31H46FN3O3/c1-29(2,3)17-21-12-13-24-23(15-21)26(18-31(7,8)35-24)33-19-27(36)25(34-28(37)38-30(4,5)6)16-20-10-9-11-22(32)14-20/h9-15,25-27,33,35-36H,16-19H2,1-8H3,(H,34,37)/t25-,26-,27+/m0/s1. The molecule has 0 saturated carbocycles. The fourth-order valence-corrected chi connectivity index (χ4v) is 5.02. The van der Waals surface area contributed by atoms with E-state index >= 15 is 0 Å². The molecule has 2 aromatic carbocycles. The Morgan fingerprint density at radius 2 is 1.84 bits per heavy atom. The molecule has 1 amide bonds. The van der Waals surface area contributed by atoms with Gasteiger partial charge in [0.1, 0.15) is 11.4 Å². The van der Waals surface area contributed by atoms with Crippen molar-refractivity contribution in [3.05, 3.63) is 65.0 Å². The van der Waals surface area contributed by atoms with Gasteiger partial charge in [-0.05, 0) is 94.2 Å². The van der Waals surface area contributed by atoms with Crippen LogP contribution in [0.2, 0.25) is 0 Å². The van der Waals surface area contributed by atoms with Gasteiger partial charge in [0.25, 0.3) is 0 Å². The zero-order chi connectivity index (χ0) is 28.3. The van der Waals surface area contributed by atoms with Crippen molar-refractivity contribution < 1.29 is 19.0 Å². The summed E-state index contributed by atoms with van der Waals surface area (Å²) in [5, 5.41) is 21.3. The van der Waals surface area contributed by atoms with Crippen LogP contribution >= 0.6 is 0 Å². The second kappa shape index (κ2) is 11.6. The number of fused-ring (bicyclic) bond motifs is 1. The van der Waals surface area contributed by atoms with Gasteiger partial charge < -0.3 is 25.8 Å². The van der Waals surface area contributed by atoms with Crippen LogP contribution in [0.4, 0.5) is 14.9 Å². The Labute approximate surface area is 227 Å². The van der Waals surface area contributed by atoms with E-state index in [1.54, 1.807) is 32.9 Å². The molecule has 7 heteroatoms. The predicted molar refractivity (Wildman–Crippen MR) is 152 cm³/mol. The van der Waals surface area contributed by atoms with Gasteiger partial charge in [0.2, 0.25) is 0 Å². The number of amides is 1. The number of carbonyl (C=O) groups excluding carboxylic acids is 1. The molecule has 0 radical (unpaired) electrons. The van der Waals surface area contributed by atoms with Gasteiger partial charge in [-0.15, -0.1) is 0 Å². The number of rotatable bonds is 8. The van der Waals surface area contributed by atoms with Gasteiger partial charge in [0, 0.05) is 23.8 Å². The maximum atomic E-state index is 13.9. The van der Waals surface area contributed by atoms with Crippen molar-refractivity contribution in [2.45, 2.75) is 104 Å². The molecule has 3 rings (SSSR count). The number of hydrogen-bond donors (Lipinski definition) is 4. The Kier molecular flexibility index (Phi) is 9.15. The number of benzene rings is 2. The Bertz CT molecular complexity index is 1100. The van der Waals surface area contributed by atoms with E-state index < -0.39 is 23.8 Å². The third kappa shape index (κ3) is 9.28. The minimum atomic E-state index is -0.926. The van der Waals surface area contributed by atoms with Gasteiger partial charge in [-0.25, -0.2) is 9.18 Å². The van der Waals surface area contributed by atoms with Crippen molar-refractivity contribution in [2.24, 2.45) is 5.41 Å². The lowest BCUT2D eigenvalue weighted by Crippen LogP contribution is -2.51. The molecule has 0 fully saturated rings. The molecule has 0 spiro atoms. The number of hydrogen-bond acceptors (Lipinski definition) is 5. The maximum absolute atomic E-state index is 13.9. The molecule has 210 valence electrons. The van der Waals surface area contributed by atoms with Gasteiger partial charge in [0.05, 0.1) is 12.1 Å². The van der Waals surface area contributed by atoms with Crippen molar-refractivity contribution in [3.63, 3.8) is 0 Å². The third-order valence-corrected chi connectivity index (χ3v) is 6.50. The summed E-state index contributed by atoms with van der Waals surface area (Å²) in [7, 11) is 0. The summed E-state index contributed by atoms with van der Waals surface area (Å²) in [5.41, 5.74) is 3.61. The summed E-state index contributed by atoms with van der Waals surface area (Å²) in [6.07, 6.45) is 0.529. The molecule has 2 aromatic rings. The number of nitrogens with one attached hydrogen (secondary N) is 3. The smallest absolute Gasteiger partial charge is 0.407 e. The molecule has 6 nitrogen and oxygen atoms in total. The van der Waals surface area contributed by atoms with E-state index in [2.05, 4.69) is 68.8 Å². The van der Waals surface area contributed by atoms with E-state index in [-0.39, 0.29) is 35.8 Å². The topological polar surface area (TPSA) is 82.6 Å². The van der Waals surface area contributed by atoms with Crippen LogP contribution in [-0.2, 0) is 17.6 Å². The highest BCUT2D eigenvalue weighted by Gasteiger charge is 2.33. The SMILES string of the molecule is CC(C)(C)Cc1ccc2c(c1)[C@@H](NC[C@@H](O)[C@H](Cc1cccc(F)c1)NC(=O)OC(C)(C)C)CC(C)(C)N2. The van der Waals surface area contributed by atoms with E-state index in [1.165, 1.54) is 23.3 Å². The first-order valence-electron chi connectivity index (χ1n) is 13.6. The molecule has 1 aliphatic heterocycles. The van der Waals surface area contributed by atoms with Crippen molar-refractivity contribution >= 4 is 11.8 Å². The van der Waals surface area contributed by atoms with Crippen LogP contribution < -0.4 is 16.0 Å². The van der Waals surface area contributed by atoms with Gasteiger partial charge in [-0.1, -0.05) is 45.0 Å². The number of aliphatic hydroxyl groups is 1. The molecule has 3 atom stereocenters. The second-order valence-corrected chi connectivity index (χ2v) is 13.5. The van der Waals surface area contributed by atoms with Crippen LogP contribution in [0.5, 0.6) is 0 Å². The fourth-order valence-electron chi connectivity index (χ4n) is 5.02. The zero-order valence-electron chi connectivity index (χ0n) is 24.2. The number of ether oxygens (including phenoxy) is 1. The van der Waals surface area contributed by atoms with Crippen molar-refractivity contribution in [1.82, 2.24) is 10.6 Å². The van der Waals surface area contributed by atoms with Crippen LogP contribution in [-0.4, -0.2) is 41.0 Å². The monoisotopic (exact) mass is 527 g/mol. The van der Waals surface area contributed by atoms with Crippen molar-refractivity contribution in [1.29, 1.82) is 0 Å². The first-order chi connectivity index (χ1) is 17.5. The number of halogens is 1. The second-order valence-electron chi connectivity index (χ2n) is 13.5. The molecule has 1 heterocycles. The largest absolute Gasteiger partial charge is 0.444 e. The summed E-state index contributed by atoms with van der Waals surface area (Å²) in [6, 6.07) is 12.2. The van der Waals surface area contributed by atoms with Crippen molar-refractivity contribution in [3.8, 4) is 0 Å². The van der Waals surface area contributed by atoms with Crippen LogP contribution in [0.15, 0.2) is 42.5 Å². The van der Waals surface area contributed by atoms with E-state index in [1.807, 2.05) is 0 Å². The molecule has 0 saturated heterocycles. The molecule has 0 aliphatic carbocycles. The predicted octanol–water partition coefficient (Wildman–Crippen LogP) is 6.14. The van der Waals surface area contributed by atoms with Crippen LogP contribution in [0, 0.1) is 11.2 Å². The number of carbonyl (C=O) groups is 1.